The van der Waals surface area contributed by atoms with Gasteiger partial charge in [0.2, 0.25) is 0 Å². The summed E-state index contributed by atoms with van der Waals surface area (Å²) in [5, 5.41) is 3.43. The van der Waals surface area contributed by atoms with Crippen LogP contribution in [-0.4, -0.2) is 34.1 Å². The third kappa shape index (κ3) is 3.62. The zero-order valence-electron chi connectivity index (χ0n) is 15.6. The van der Waals surface area contributed by atoms with Crippen LogP contribution in [0.4, 0.5) is 5.69 Å². The summed E-state index contributed by atoms with van der Waals surface area (Å²) < 4.78 is 11.2. The van der Waals surface area contributed by atoms with Crippen LogP contribution in [-0.2, 0) is 0 Å². The van der Waals surface area contributed by atoms with E-state index in [1.807, 2.05) is 18.2 Å². The Morgan fingerprint density at radius 2 is 1.83 bits per heavy atom. The molecule has 0 saturated heterocycles. The number of carbonyl (C=O) groups excluding carboxylic acids is 1. The molecule has 0 fully saturated rings. The molecule has 5 rings (SSSR count). The second-order valence-corrected chi connectivity index (χ2v) is 7.62. The molecule has 0 spiro atoms. The Morgan fingerprint density at radius 1 is 1.00 bits per heavy atom. The lowest BCUT2D eigenvalue weighted by Crippen LogP contribution is -2.15. The summed E-state index contributed by atoms with van der Waals surface area (Å²) in [5.74, 6) is 1.10. The number of nitrogens with one attached hydrogen (secondary N) is 3. The van der Waals surface area contributed by atoms with Crippen molar-refractivity contribution >= 4 is 34.4 Å². The molecule has 0 aliphatic carbocycles. The summed E-state index contributed by atoms with van der Waals surface area (Å²) >= 11 is 1.37. The zero-order valence-corrected chi connectivity index (χ0v) is 16.4. The number of anilines is 1. The minimum Gasteiger partial charge on any atom is -0.486 e. The maximum atomic E-state index is 12.9. The van der Waals surface area contributed by atoms with Crippen LogP contribution >= 0.6 is 11.8 Å². The summed E-state index contributed by atoms with van der Waals surface area (Å²) in [5.41, 5.74) is 2.02. The van der Waals surface area contributed by atoms with E-state index in [0.29, 0.717) is 52.0 Å². The fraction of sp³-hybridized carbons (Fsp3) is 0.0952. The molecule has 3 N–H and O–H groups in total. The highest BCUT2D eigenvalue weighted by atomic mass is 32.2. The van der Waals surface area contributed by atoms with Crippen LogP contribution in [0.1, 0.15) is 10.4 Å². The molecule has 4 aromatic rings. The molecule has 1 amide bonds. The van der Waals surface area contributed by atoms with Gasteiger partial charge in [0.1, 0.15) is 18.2 Å². The van der Waals surface area contributed by atoms with Gasteiger partial charge in [0, 0.05) is 16.8 Å². The number of aromatic amines is 2. The number of carbonyl (C=O) groups is 1. The first-order valence-corrected chi connectivity index (χ1v) is 10.0. The van der Waals surface area contributed by atoms with Gasteiger partial charge < -0.3 is 24.8 Å². The van der Waals surface area contributed by atoms with Gasteiger partial charge in [0.25, 0.3) is 5.91 Å². The van der Waals surface area contributed by atoms with E-state index in [-0.39, 0.29) is 11.6 Å². The van der Waals surface area contributed by atoms with E-state index >= 15 is 0 Å². The molecular weight excluding hydrogens is 404 g/mol. The van der Waals surface area contributed by atoms with Crippen molar-refractivity contribution in [2.45, 2.75) is 9.92 Å². The van der Waals surface area contributed by atoms with Crippen molar-refractivity contribution in [3.8, 4) is 11.5 Å². The number of amides is 1. The molecular formula is C21H16N4O4S. The smallest absolute Gasteiger partial charge is 0.323 e. The Bertz CT molecular complexity index is 1310. The molecule has 0 atom stereocenters. The molecule has 9 heteroatoms. The highest BCUT2D eigenvalue weighted by Gasteiger charge is 2.17. The van der Waals surface area contributed by atoms with Crippen LogP contribution in [0.3, 0.4) is 0 Å². The number of hydrogen-bond acceptors (Lipinski definition) is 6. The summed E-state index contributed by atoms with van der Waals surface area (Å²) in [6.45, 7) is 1.04. The second-order valence-electron chi connectivity index (χ2n) is 6.56. The van der Waals surface area contributed by atoms with Crippen molar-refractivity contribution in [2.75, 3.05) is 18.5 Å². The number of rotatable bonds is 4. The molecule has 2 aromatic heterocycles. The molecule has 3 heterocycles. The molecule has 0 bridgehead atoms. The summed E-state index contributed by atoms with van der Waals surface area (Å²) in [6.07, 6.45) is 1.65. The standard InChI is InChI=1S/C21H16N4O4S/c26-19(23-12-3-5-15-16(10-12)25-21(27)24-15)14-2-1-7-22-20(14)30-13-4-6-17-18(11-13)29-9-8-28-17/h1-7,10-11H,8-9H2,(H,23,26)(H2,24,25,27). The summed E-state index contributed by atoms with van der Waals surface area (Å²) in [7, 11) is 0. The monoisotopic (exact) mass is 420 g/mol. The van der Waals surface area contributed by atoms with Crippen LogP contribution in [0.25, 0.3) is 11.0 Å². The van der Waals surface area contributed by atoms with Gasteiger partial charge in [-0.05, 0) is 48.5 Å². The predicted octanol–water partition coefficient (Wildman–Crippen LogP) is 3.43. The van der Waals surface area contributed by atoms with Crippen molar-refractivity contribution in [1.29, 1.82) is 0 Å². The van der Waals surface area contributed by atoms with Gasteiger partial charge in [-0.15, -0.1) is 0 Å². The predicted molar refractivity (Wildman–Crippen MR) is 113 cm³/mol. The zero-order chi connectivity index (χ0) is 20.5. The Kier molecular flexibility index (Phi) is 4.64. The largest absolute Gasteiger partial charge is 0.486 e. The van der Waals surface area contributed by atoms with E-state index < -0.39 is 0 Å². The first-order valence-electron chi connectivity index (χ1n) is 9.22. The lowest BCUT2D eigenvalue weighted by Gasteiger charge is -2.18. The molecule has 0 unspecified atom stereocenters. The molecule has 1 aliphatic rings. The first kappa shape index (κ1) is 18.3. The van der Waals surface area contributed by atoms with E-state index in [4.69, 9.17) is 9.47 Å². The van der Waals surface area contributed by atoms with Gasteiger partial charge in [0.05, 0.1) is 16.6 Å². The second kappa shape index (κ2) is 7.60. The van der Waals surface area contributed by atoms with Gasteiger partial charge in [-0.2, -0.15) is 0 Å². The number of ether oxygens (including phenoxy) is 2. The van der Waals surface area contributed by atoms with Crippen molar-refractivity contribution in [3.05, 3.63) is 70.8 Å². The number of hydrogen-bond donors (Lipinski definition) is 3. The molecule has 150 valence electrons. The van der Waals surface area contributed by atoms with E-state index in [0.717, 1.165) is 4.90 Å². The SMILES string of the molecule is O=C(Nc1ccc2[nH]c(=O)[nH]c2c1)c1cccnc1Sc1ccc2c(c1)OCCO2. The minimum atomic E-state index is -0.293. The summed E-state index contributed by atoms with van der Waals surface area (Å²) in [4.78, 5) is 35.0. The average molecular weight is 420 g/mol. The highest BCUT2D eigenvalue weighted by molar-refractivity contribution is 7.99. The van der Waals surface area contributed by atoms with Crippen LogP contribution in [0.5, 0.6) is 11.5 Å². The van der Waals surface area contributed by atoms with Crippen molar-refractivity contribution in [1.82, 2.24) is 15.0 Å². The topological polar surface area (TPSA) is 109 Å². The van der Waals surface area contributed by atoms with Crippen LogP contribution in [0, 0.1) is 0 Å². The first-order chi connectivity index (χ1) is 14.7. The van der Waals surface area contributed by atoms with E-state index in [9.17, 15) is 9.59 Å². The van der Waals surface area contributed by atoms with Crippen LogP contribution in [0.15, 0.2) is 69.4 Å². The number of fused-ring (bicyclic) bond motifs is 2. The molecule has 0 radical (unpaired) electrons. The van der Waals surface area contributed by atoms with Gasteiger partial charge in [-0.1, -0.05) is 11.8 Å². The Hall–Kier alpha value is -3.72. The average Bonchev–Trinajstić information content (AvgIpc) is 3.13. The number of imidazole rings is 1. The Morgan fingerprint density at radius 3 is 2.73 bits per heavy atom. The van der Waals surface area contributed by atoms with Crippen molar-refractivity contribution < 1.29 is 14.3 Å². The fourth-order valence-electron chi connectivity index (χ4n) is 3.15. The number of pyridine rings is 1. The Labute approximate surface area is 174 Å². The third-order valence-corrected chi connectivity index (χ3v) is 5.53. The van der Waals surface area contributed by atoms with Gasteiger partial charge in [-0.3, -0.25) is 4.79 Å². The Balaban J connectivity index is 1.39. The number of nitrogens with zero attached hydrogens (tertiary/aromatic N) is 1. The third-order valence-electron chi connectivity index (χ3n) is 4.52. The number of benzene rings is 2. The maximum absolute atomic E-state index is 12.9. The number of H-pyrrole nitrogens is 2. The minimum absolute atomic E-state index is 0.291. The fourth-order valence-corrected chi connectivity index (χ4v) is 4.06. The van der Waals surface area contributed by atoms with E-state index in [1.54, 1.807) is 36.5 Å². The lowest BCUT2D eigenvalue weighted by molar-refractivity contribution is 0.102. The molecule has 30 heavy (non-hydrogen) atoms. The quantitative estimate of drug-likeness (QED) is 0.467. The maximum Gasteiger partial charge on any atom is 0.323 e. The highest BCUT2D eigenvalue weighted by Crippen LogP contribution is 2.37. The van der Waals surface area contributed by atoms with Gasteiger partial charge in [-0.25, -0.2) is 9.78 Å². The normalized spacial score (nSPS) is 12.7. The van der Waals surface area contributed by atoms with Crippen molar-refractivity contribution in [3.63, 3.8) is 0 Å². The lowest BCUT2D eigenvalue weighted by atomic mass is 10.2. The van der Waals surface area contributed by atoms with Crippen LogP contribution < -0.4 is 20.5 Å². The van der Waals surface area contributed by atoms with Gasteiger partial charge in [0.15, 0.2) is 11.5 Å². The van der Waals surface area contributed by atoms with Crippen molar-refractivity contribution in [2.24, 2.45) is 0 Å². The molecule has 0 saturated carbocycles. The molecule has 8 nitrogen and oxygen atoms in total. The summed E-state index contributed by atoms with van der Waals surface area (Å²) in [6, 6.07) is 14.2. The molecule has 2 aromatic carbocycles. The van der Waals surface area contributed by atoms with Crippen LogP contribution in [0.2, 0.25) is 0 Å². The van der Waals surface area contributed by atoms with E-state index in [1.165, 1.54) is 11.8 Å². The number of aromatic nitrogens is 3. The van der Waals surface area contributed by atoms with Gasteiger partial charge >= 0.3 is 5.69 Å². The molecule has 1 aliphatic heterocycles. The van der Waals surface area contributed by atoms with E-state index in [2.05, 4.69) is 20.3 Å².